The summed E-state index contributed by atoms with van der Waals surface area (Å²) in [5.74, 6) is 0.468. The summed E-state index contributed by atoms with van der Waals surface area (Å²) in [6.45, 7) is 4.24. The summed E-state index contributed by atoms with van der Waals surface area (Å²) in [5.41, 5.74) is 5.55. The molecule has 0 bridgehead atoms. The van der Waals surface area contributed by atoms with Crippen LogP contribution in [0.4, 0.5) is 0 Å². The Kier molecular flexibility index (Phi) is 14.3. The minimum Gasteiger partial charge on any atom is -0.395 e. The van der Waals surface area contributed by atoms with E-state index >= 15 is 0 Å². The van der Waals surface area contributed by atoms with Crippen molar-refractivity contribution in [2.45, 2.75) is 90.2 Å². The van der Waals surface area contributed by atoms with Crippen LogP contribution in [-0.4, -0.2) is 29.0 Å². The van der Waals surface area contributed by atoms with Gasteiger partial charge in [0, 0.05) is 0 Å². The second-order valence-corrected chi connectivity index (χ2v) is 6.32. The number of hydrogen-bond acceptors (Lipinski definition) is 3. The van der Waals surface area contributed by atoms with Gasteiger partial charge in [0.25, 0.3) is 0 Å². The van der Waals surface area contributed by atoms with Crippen molar-refractivity contribution in [1.29, 1.82) is 0 Å². The lowest BCUT2D eigenvalue weighted by atomic mass is 10.00. The first-order valence-corrected chi connectivity index (χ1v) is 8.84. The second-order valence-electron chi connectivity index (χ2n) is 6.32. The van der Waals surface area contributed by atoms with E-state index in [4.69, 9.17) is 10.8 Å². The molecule has 126 valence electrons. The van der Waals surface area contributed by atoms with E-state index in [9.17, 15) is 5.11 Å². The predicted octanol–water partition coefficient (Wildman–Crippen LogP) is 3.78. The van der Waals surface area contributed by atoms with Gasteiger partial charge >= 0.3 is 0 Å². The SMILES string of the molecule is CCCCCCCCCCCC(C)/C=C/C(O)C(N)CO. The molecule has 21 heavy (non-hydrogen) atoms. The van der Waals surface area contributed by atoms with Gasteiger partial charge in [0.2, 0.25) is 0 Å². The standard InChI is InChI=1S/C18H37NO2/c1-3-4-5-6-7-8-9-10-11-12-16(2)13-14-18(21)17(19)15-20/h13-14,16-18,20-21H,3-12,15,19H2,1-2H3/b14-13+. The average Bonchev–Trinajstić information content (AvgIpc) is 2.50. The average molecular weight is 299 g/mol. The molecule has 0 radical (unpaired) electrons. The van der Waals surface area contributed by atoms with Crippen molar-refractivity contribution in [3.63, 3.8) is 0 Å². The molecule has 3 heteroatoms. The van der Waals surface area contributed by atoms with E-state index < -0.39 is 12.1 Å². The van der Waals surface area contributed by atoms with E-state index in [-0.39, 0.29) is 6.61 Å². The van der Waals surface area contributed by atoms with Crippen molar-refractivity contribution in [2.24, 2.45) is 11.7 Å². The van der Waals surface area contributed by atoms with Crippen molar-refractivity contribution in [1.82, 2.24) is 0 Å². The Labute approximate surface area is 131 Å². The van der Waals surface area contributed by atoms with Gasteiger partial charge in [-0.05, 0) is 12.3 Å². The molecule has 4 N–H and O–H groups in total. The molecule has 0 aromatic carbocycles. The lowest BCUT2D eigenvalue weighted by molar-refractivity contribution is 0.144. The monoisotopic (exact) mass is 299 g/mol. The lowest BCUT2D eigenvalue weighted by Gasteiger charge is -2.13. The first-order valence-electron chi connectivity index (χ1n) is 8.84. The van der Waals surface area contributed by atoms with Crippen LogP contribution in [0, 0.1) is 5.92 Å². The molecular formula is C18H37NO2. The number of nitrogens with two attached hydrogens (primary N) is 1. The van der Waals surface area contributed by atoms with Crippen LogP contribution >= 0.6 is 0 Å². The quantitative estimate of drug-likeness (QED) is 0.338. The summed E-state index contributed by atoms with van der Waals surface area (Å²) in [7, 11) is 0. The van der Waals surface area contributed by atoms with Crippen LogP contribution in [-0.2, 0) is 0 Å². The zero-order valence-electron chi connectivity index (χ0n) is 14.1. The van der Waals surface area contributed by atoms with Gasteiger partial charge < -0.3 is 15.9 Å². The third kappa shape index (κ3) is 13.0. The molecule has 0 saturated heterocycles. The van der Waals surface area contributed by atoms with Crippen LogP contribution in [0.2, 0.25) is 0 Å². The maximum atomic E-state index is 9.63. The smallest absolute Gasteiger partial charge is 0.0894 e. The van der Waals surface area contributed by atoms with Crippen molar-refractivity contribution in [2.75, 3.05) is 6.61 Å². The molecule has 3 unspecified atom stereocenters. The van der Waals surface area contributed by atoms with Gasteiger partial charge in [-0.25, -0.2) is 0 Å². The third-order valence-corrected chi connectivity index (χ3v) is 4.05. The van der Waals surface area contributed by atoms with E-state index in [0.717, 1.165) is 6.42 Å². The number of hydrogen-bond donors (Lipinski definition) is 3. The number of allylic oxidation sites excluding steroid dienone is 1. The largest absolute Gasteiger partial charge is 0.395 e. The molecule has 0 aliphatic rings. The Morgan fingerprint density at radius 3 is 1.95 bits per heavy atom. The van der Waals surface area contributed by atoms with E-state index in [2.05, 4.69) is 13.8 Å². The second kappa shape index (κ2) is 14.6. The summed E-state index contributed by atoms with van der Waals surface area (Å²) < 4.78 is 0. The number of aliphatic hydroxyl groups excluding tert-OH is 2. The van der Waals surface area contributed by atoms with Gasteiger partial charge in [-0.1, -0.05) is 83.8 Å². The minimum absolute atomic E-state index is 0.182. The highest BCUT2D eigenvalue weighted by Crippen LogP contribution is 2.14. The maximum Gasteiger partial charge on any atom is 0.0894 e. The topological polar surface area (TPSA) is 66.5 Å². The van der Waals surface area contributed by atoms with Gasteiger partial charge in [0.1, 0.15) is 0 Å². The van der Waals surface area contributed by atoms with Crippen LogP contribution < -0.4 is 5.73 Å². The Bertz CT molecular complexity index is 243. The van der Waals surface area contributed by atoms with Gasteiger partial charge in [-0.2, -0.15) is 0 Å². The Balaban J connectivity index is 3.45. The molecule has 3 atom stereocenters. The normalized spacial score (nSPS) is 16.2. The molecule has 0 aromatic rings. The van der Waals surface area contributed by atoms with Gasteiger partial charge in [-0.3, -0.25) is 0 Å². The molecule has 0 aliphatic carbocycles. The molecule has 0 saturated carbocycles. The van der Waals surface area contributed by atoms with Crippen LogP contribution in [0.1, 0.15) is 78.1 Å². The van der Waals surface area contributed by atoms with Crippen LogP contribution in [0.5, 0.6) is 0 Å². The fourth-order valence-electron chi connectivity index (χ4n) is 2.43. The molecule has 0 fully saturated rings. The van der Waals surface area contributed by atoms with E-state index in [1.54, 1.807) is 6.08 Å². The van der Waals surface area contributed by atoms with Crippen molar-refractivity contribution < 1.29 is 10.2 Å². The molecule has 0 rings (SSSR count). The summed E-state index contributed by atoms with van der Waals surface area (Å²) >= 11 is 0. The highest BCUT2D eigenvalue weighted by atomic mass is 16.3. The summed E-state index contributed by atoms with van der Waals surface area (Å²) in [5, 5.41) is 18.5. The molecule has 0 aliphatic heterocycles. The van der Waals surface area contributed by atoms with E-state index in [1.165, 1.54) is 57.8 Å². The molecule has 0 amide bonds. The Morgan fingerprint density at radius 2 is 1.43 bits per heavy atom. The maximum absolute atomic E-state index is 9.63. The van der Waals surface area contributed by atoms with Crippen LogP contribution in [0.25, 0.3) is 0 Å². The Morgan fingerprint density at radius 1 is 0.905 bits per heavy atom. The molecule has 0 spiro atoms. The number of unbranched alkanes of at least 4 members (excludes halogenated alkanes) is 8. The van der Waals surface area contributed by atoms with Gasteiger partial charge in [0.05, 0.1) is 18.8 Å². The Hall–Kier alpha value is -0.380. The zero-order chi connectivity index (χ0) is 15.9. The van der Waals surface area contributed by atoms with Crippen molar-refractivity contribution in [3.05, 3.63) is 12.2 Å². The van der Waals surface area contributed by atoms with E-state index in [1.807, 2.05) is 6.08 Å². The third-order valence-electron chi connectivity index (χ3n) is 4.05. The van der Waals surface area contributed by atoms with Crippen LogP contribution in [0.3, 0.4) is 0 Å². The predicted molar refractivity (Wildman–Crippen MR) is 91.2 cm³/mol. The van der Waals surface area contributed by atoms with Crippen molar-refractivity contribution >= 4 is 0 Å². The van der Waals surface area contributed by atoms with Gasteiger partial charge in [0.15, 0.2) is 0 Å². The molecule has 3 nitrogen and oxygen atoms in total. The highest BCUT2D eigenvalue weighted by molar-refractivity contribution is 4.95. The fraction of sp³-hybridized carbons (Fsp3) is 0.889. The number of aliphatic hydroxyl groups is 2. The molecular weight excluding hydrogens is 262 g/mol. The van der Waals surface area contributed by atoms with Crippen LogP contribution in [0.15, 0.2) is 12.2 Å². The molecule has 0 heterocycles. The lowest BCUT2D eigenvalue weighted by Crippen LogP contribution is -2.36. The summed E-state index contributed by atoms with van der Waals surface area (Å²) in [4.78, 5) is 0. The summed E-state index contributed by atoms with van der Waals surface area (Å²) in [6, 6.07) is -0.568. The minimum atomic E-state index is -0.736. The first-order chi connectivity index (χ1) is 10.1. The van der Waals surface area contributed by atoms with Crippen molar-refractivity contribution in [3.8, 4) is 0 Å². The molecule has 0 aromatic heterocycles. The number of rotatable bonds is 14. The summed E-state index contributed by atoms with van der Waals surface area (Å²) in [6.07, 6.45) is 16.3. The van der Waals surface area contributed by atoms with E-state index in [0.29, 0.717) is 5.92 Å². The first kappa shape index (κ1) is 20.6. The van der Waals surface area contributed by atoms with Gasteiger partial charge in [-0.15, -0.1) is 0 Å². The fourth-order valence-corrected chi connectivity index (χ4v) is 2.43. The highest BCUT2D eigenvalue weighted by Gasteiger charge is 2.09. The zero-order valence-corrected chi connectivity index (χ0v) is 14.1.